The number of anilines is 3. The predicted molar refractivity (Wildman–Crippen MR) is 112 cm³/mol. The first-order valence-corrected chi connectivity index (χ1v) is 9.63. The highest BCUT2D eigenvalue weighted by atomic mass is 19.4. The number of esters is 1. The van der Waals surface area contributed by atoms with Gasteiger partial charge in [0.2, 0.25) is 0 Å². The third-order valence-electron chi connectivity index (χ3n) is 4.07. The number of nitrogens with zero attached hydrogens (tertiary/aromatic N) is 4. The van der Waals surface area contributed by atoms with E-state index in [4.69, 9.17) is 0 Å². The Bertz CT molecular complexity index is 1100. The number of carbonyl (C=O) groups is 1. The summed E-state index contributed by atoms with van der Waals surface area (Å²) in [5.74, 6) is 0.511. The molecule has 3 heterocycles. The van der Waals surface area contributed by atoms with Crippen LogP contribution < -0.4 is 10.6 Å². The van der Waals surface area contributed by atoms with Crippen LogP contribution in [0, 0.1) is 0 Å². The lowest BCUT2D eigenvalue weighted by molar-refractivity contribution is -0.141. The first kappa shape index (κ1) is 22.9. The monoisotopic (exact) mass is 446 g/mol. The Kier molecular flexibility index (Phi) is 6.86. The molecule has 0 bridgehead atoms. The summed E-state index contributed by atoms with van der Waals surface area (Å²) in [6.07, 6.45) is -3.52. The number of halogens is 3. The Labute approximate surface area is 182 Å². The highest BCUT2D eigenvalue weighted by Gasteiger charge is 2.32. The second-order valence-electron chi connectivity index (χ2n) is 7.08. The molecule has 0 aromatic carbocycles. The maximum Gasteiger partial charge on any atom is 0.433 e. The molecule has 11 heteroatoms. The molecular formula is C21H21F3N6O2. The Morgan fingerprint density at radius 3 is 2.53 bits per heavy atom. The van der Waals surface area contributed by atoms with E-state index >= 15 is 0 Å². The highest BCUT2D eigenvalue weighted by molar-refractivity contribution is 5.72. The second kappa shape index (κ2) is 9.58. The number of hydrogen-bond donors (Lipinski definition) is 2. The Morgan fingerprint density at radius 2 is 1.84 bits per heavy atom. The van der Waals surface area contributed by atoms with Crippen molar-refractivity contribution in [1.82, 2.24) is 19.9 Å². The van der Waals surface area contributed by atoms with Crippen LogP contribution in [-0.2, 0) is 22.1 Å². The molecule has 32 heavy (non-hydrogen) atoms. The van der Waals surface area contributed by atoms with E-state index in [1.807, 2.05) is 13.8 Å². The number of pyridine rings is 2. The summed E-state index contributed by atoms with van der Waals surface area (Å²) in [5, 5.41) is 6.01. The van der Waals surface area contributed by atoms with Crippen molar-refractivity contribution in [2.45, 2.75) is 32.5 Å². The van der Waals surface area contributed by atoms with Gasteiger partial charge in [0.05, 0.1) is 19.2 Å². The van der Waals surface area contributed by atoms with Crippen molar-refractivity contribution in [2.24, 2.45) is 0 Å². The lowest BCUT2D eigenvalue weighted by atomic mass is 10.2. The van der Waals surface area contributed by atoms with E-state index in [9.17, 15) is 18.0 Å². The van der Waals surface area contributed by atoms with Crippen molar-refractivity contribution < 1.29 is 22.7 Å². The molecule has 0 aliphatic rings. The summed E-state index contributed by atoms with van der Waals surface area (Å²) in [5.41, 5.74) is 0.0144. The van der Waals surface area contributed by atoms with Gasteiger partial charge in [0.25, 0.3) is 0 Å². The third-order valence-corrected chi connectivity index (χ3v) is 4.07. The number of ether oxygens (including phenoxy) is 1. The van der Waals surface area contributed by atoms with Gasteiger partial charge in [-0.3, -0.25) is 9.78 Å². The van der Waals surface area contributed by atoms with Crippen LogP contribution in [0.4, 0.5) is 30.5 Å². The van der Waals surface area contributed by atoms with Crippen LogP contribution in [0.5, 0.6) is 0 Å². The molecule has 0 aliphatic heterocycles. The SMILES string of the molecule is COC(=O)Cc1cccc(-c2nc(Nc3ccnc(C(F)(F)F)c3)cc(NC(C)C)n2)n1. The first-order chi connectivity index (χ1) is 15.1. The van der Waals surface area contributed by atoms with Gasteiger partial charge in [-0.15, -0.1) is 0 Å². The van der Waals surface area contributed by atoms with Crippen molar-refractivity contribution in [3.63, 3.8) is 0 Å². The zero-order valence-electron chi connectivity index (χ0n) is 17.6. The molecule has 0 amide bonds. The van der Waals surface area contributed by atoms with E-state index in [0.717, 1.165) is 12.3 Å². The van der Waals surface area contributed by atoms with E-state index < -0.39 is 17.8 Å². The number of methoxy groups -OCH3 is 1. The summed E-state index contributed by atoms with van der Waals surface area (Å²) in [6, 6.07) is 8.97. The maximum atomic E-state index is 13.0. The van der Waals surface area contributed by atoms with Gasteiger partial charge in [-0.05, 0) is 38.1 Å². The fourth-order valence-electron chi connectivity index (χ4n) is 2.73. The van der Waals surface area contributed by atoms with Crippen LogP contribution in [-0.4, -0.2) is 39.1 Å². The number of aromatic nitrogens is 4. The number of carbonyl (C=O) groups excluding carboxylic acids is 1. The number of hydrogen-bond acceptors (Lipinski definition) is 8. The minimum atomic E-state index is -4.57. The van der Waals surface area contributed by atoms with Crippen molar-refractivity contribution in [3.8, 4) is 11.5 Å². The number of alkyl halides is 3. The first-order valence-electron chi connectivity index (χ1n) is 9.63. The minimum Gasteiger partial charge on any atom is -0.469 e. The number of rotatable bonds is 7. The van der Waals surface area contributed by atoms with Crippen LogP contribution >= 0.6 is 0 Å². The lowest BCUT2D eigenvalue weighted by Gasteiger charge is -2.14. The lowest BCUT2D eigenvalue weighted by Crippen LogP contribution is -2.13. The van der Waals surface area contributed by atoms with Gasteiger partial charge in [0.1, 0.15) is 23.0 Å². The molecule has 0 saturated carbocycles. The van der Waals surface area contributed by atoms with E-state index in [1.54, 1.807) is 24.3 Å². The molecule has 0 saturated heterocycles. The molecule has 0 fully saturated rings. The molecular weight excluding hydrogens is 425 g/mol. The van der Waals surface area contributed by atoms with Crippen LogP contribution in [0.2, 0.25) is 0 Å². The predicted octanol–water partition coefficient (Wildman–Crippen LogP) is 4.23. The van der Waals surface area contributed by atoms with Gasteiger partial charge >= 0.3 is 12.1 Å². The molecule has 3 aromatic heterocycles. The van der Waals surface area contributed by atoms with Gasteiger partial charge in [-0.2, -0.15) is 13.2 Å². The largest absolute Gasteiger partial charge is 0.469 e. The third kappa shape index (κ3) is 6.13. The Hall–Kier alpha value is -3.76. The summed E-state index contributed by atoms with van der Waals surface area (Å²) in [4.78, 5) is 28.2. The van der Waals surface area contributed by atoms with Crippen molar-refractivity contribution in [3.05, 3.63) is 54.0 Å². The van der Waals surface area contributed by atoms with E-state index in [2.05, 4.69) is 35.3 Å². The molecule has 0 radical (unpaired) electrons. The van der Waals surface area contributed by atoms with Crippen LogP contribution in [0.15, 0.2) is 42.6 Å². The molecule has 0 spiro atoms. The van der Waals surface area contributed by atoms with Crippen LogP contribution in [0.25, 0.3) is 11.5 Å². The van der Waals surface area contributed by atoms with E-state index in [-0.39, 0.29) is 29.8 Å². The van der Waals surface area contributed by atoms with Gasteiger partial charge in [0.15, 0.2) is 5.82 Å². The summed E-state index contributed by atoms with van der Waals surface area (Å²) >= 11 is 0. The molecule has 0 atom stereocenters. The summed E-state index contributed by atoms with van der Waals surface area (Å²) < 4.78 is 43.6. The zero-order chi connectivity index (χ0) is 23.3. The van der Waals surface area contributed by atoms with Gasteiger partial charge in [-0.25, -0.2) is 15.0 Å². The molecule has 8 nitrogen and oxygen atoms in total. The molecule has 168 valence electrons. The zero-order valence-corrected chi connectivity index (χ0v) is 17.6. The van der Waals surface area contributed by atoms with Gasteiger partial charge < -0.3 is 15.4 Å². The normalized spacial score (nSPS) is 11.3. The fraction of sp³-hybridized carbons (Fsp3) is 0.286. The van der Waals surface area contributed by atoms with Crippen molar-refractivity contribution in [2.75, 3.05) is 17.7 Å². The average molecular weight is 446 g/mol. The average Bonchev–Trinajstić information content (AvgIpc) is 2.73. The summed E-state index contributed by atoms with van der Waals surface area (Å²) in [6.45, 7) is 3.84. The maximum absolute atomic E-state index is 13.0. The smallest absolute Gasteiger partial charge is 0.433 e. The second-order valence-corrected chi connectivity index (χ2v) is 7.08. The van der Waals surface area contributed by atoms with Crippen molar-refractivity contribution >= 4 is 23.3 Å². The number of nitrogens with one attached hydrogen (secondary N) is 2. The standard InChI is InChI=1S/C21H21F3N6O2/c1-12(2)26-17-11-18(28-14-7-8-25-16(9-14)21(22,23)24)30-20(29-17)15-6-4-5-13(27-15)10-19(31)32-3/h4-9,11-12H,10H2,1-3H3,(H2,25,26,28,29,30). The fourth-order valence-corrected chi connectivity index (χ4v) is 2.73. The molecule has 2 N–H and O–H groups in total. The van der Waals surface area contributed by atoms with Crippen molar-refractivity contribution in [1.29, 1.82) is 0 Å². The van der Waals surface area contributed by atoms with Crippen LogP contribution in [0.1, 0.15) is 25.2 Å². The summed E-state index contributed by atoms with van der Waals surface area (Å²) in [7, 11) is 1.29. The molecule has 0 unspecified atom stereocenters. The van der Waals surface area contributed by atoms with Gasteiger partial charge in [-0.1, -0.05) is 6.07 Å². The Morgan fingerprint density at radius 1 is 1.09 bits per heavy atom. The van der Waals surface area contributed by atoms with Gasteiger partial charge in [0, 0.05) is 24.0 Å². The van der Waals surface area contributed by atoms with Crippen LogP contribution in [0.3, 0.4) is 0 Å². The quantitative estimate of drug-likeness (QED) is 0.520. The molecule has 3 aromatic rings. The van der Waals surface area contributed by atoms with E-state index in [1.165, 1.54) is 13.2 Å². The molecule has 0 aliphatic carbocycles. The topological polar surface area (TPSA) is 102 Å². The highest BCUT2D eigenvalue weighted by Crippen LogP contribution is 2.30. The Balaban J connectivity index is 1.97. The van der Waals surface area contributed by atoms with E-state index in [0.29, 0.717) is 17.2 Å². The minimum absolute atomic E-state index is 0.0172. The molecule has 3 rings (SSSR count).